The third-order valence-corrected chi connectivity index (χ3v) is 5.09. The number of nitrogens with zero attached hydrogens (tertiary/aromatic N) is 1. The van der Waals surface area contributed by atoms with Crippen LogP contribution in [0, 0.1) is 12.3 Å². The molecule has 0 saturated carbocycles. The smallest absolute Gasteiger partial charge is 0.226 e. The number of aromatic nitrogens is 2. The van der Waals surface area contributed by atoms with Crippen molar-refractivity contribution in [3.8, 4) is 35.1 Å². The Kier molecular flexibility index (Phi) is 5.15. The van der Waals surface area contributed by atoms with Crippen LogP contribution in [0.5, 0.6) is 11.5 Å². The number of amides is 1. The summed E-state index contributed by atoms with van der Waals surface area (Å²) < 4.78 is 11.0. The van der Waals surface area contributed by atoms with Crippen molar-refractivity contribution in [2.75, 3.05) is 19.0 Å². The van der Waals surface area contributed by atoms with Gasteiger partial charge in [0.15, 0.2) is 17.3 Å². The number of terminal acetylenes is 1. The molecule has 1 amide bonds. The van der Waals surface area contributed by atoms with E-state index in [1.54, 1.807) is 13.2 Å². The minimum absolute atomic E-state index is 0.0942. The number of hydrogen-bond acceptors (Lipinski definition) is 4. The topological polar surface area (TPSA) is 76.2 Å². The number of ether oxygens (including phenoxy) is 2. The molecule has 29 heavy (non-hydrogen) atoms. The molecule has 7 heteroatoms. The van der Waals surface area contributed by atoms with E-state index in [0.29, 0.717) is 28.8 Å². The van der Waals surface area contributed by atoms with Gasteiger partial charge in [0.1, 0.15) is 6.61 Å². The molecule has 6 nitrogen and oxygen atoms in total. The van der Waals surface area contributed by atoms with Crippen molar-refractivity contribution >= 4 is 23.3 Å². The van der Waals surface area contributed by atoms with Crippen LogP contribution in [0.3, 0.4) is 0 Å². The van der Waals surface area contributed by atoms with Crippen LogP contribution in [0.4, 0.5) is 5.82 Å². The van der Waals surface area contributed by atoms with Crippen molar-refractivity contribution in [2.24, 2.45) is 0 Å². The molecule has 4 rings (SSSR count). The molecule has 0 aliphatic carbocycles. The van der Waals surface area contributed by atoms with Gasteiger partial charge in [-0.1, -0.05) is 35.7 Å². The molecule has 2 N–H and O–H groups in total. The summed E-state index contributed by atoms with van der Waals surface area (Å²) in [6, 6.07) is 13.1. The molecule has 1 atom stereocenters. The van der Waals surface area contributed by atoms with Gasteiger partial charge in [-0.05, 0) is 29.8 Å². The average Bonchev–Trinajstić information content (AvgIpc) is 3.15. The fourth-order valence-corrected chi connectivity index (χ4v) is 3.64. The maximum Gasteiger partial charge on any atom is 0.226 e. The lowest BCUT2D eigenvalue weighted by Gasteiger charge is -2.24. The van der Waals surface area contributed by atoms with E-state index in [2.05, 4.69) is 21.4 Å². The van der Waals surface area contributed by atoms with Gasteiger partial charge in [-0.15, -0.1) is 6.42 Å². The van der Waals surface area contributed by atoms with Gasteiger partial charge >= 0.3 is 0 Å². The molecule has 2 heterocycles. The first-order valence-corrected chi connectivity index (χ1v) is 9.36. The van der Waals surface area contributed by atoms with Crippen LogP contribution >= 0.6 is 11.6 Å². The van der Waals surface area contributed by atoms with Crippen LogP contribution in [-0.2, 0) is 4.79 Å². The van der Waals surface area contributed by atoms with Crippen molar-refractivity contribution in [3.63, 3.8) is 0 Å². The lowest BCUT2D eigenvalue weighted by atomic mass is 9.84. The van der Waals surface area contributed by atoms with Crippen molar-refractivity contribution < 1.29 is 14.3 Å². The Balaban J connectivity index is 1.78. The Labute approximate surface area is 173 Å². The number of aromatic amines is 1. The summed E-state index contributed by atoms with van der Waals surface area (Å²) in [5.74, 6) is 3.79. The molecule has 3 aromatic rings. The van der Waals surface area contributed by atoms with Gasteiger partial charge in [-0.3, -0.25) is 9.89 Å². The van der Waals surface area contributed by atoms with Crippen LogP contribution < -0.4 is 14.8 Å². The monoisotopic (exact) mass is 407 g/mol. The molecule has 1 unspecified atom stereocenters. The zero-order chi connectivity index (χ0) is 20.4. The Bertz CT molecular complexity index is 1100. The highest BCUT2D eigenvalue weighted by molar-refractivity contribution is 6.30. The molecule has 0 radical (unpaired) electrons. The molecule has 146 valence electrons. The number of halogens is 1. The minimum Gasteiger partial charge on any atom is -0.493 e. The van der Waals surface area contributed by atoms with Crippen LogP contribution in [-0.4, -0.2) is 29.8 Å². The van der Waals surface area contributed by atoms with Crippen molar-refractivity contribution in [1.82, 2.24) is 10.2 Å². The summed E-state index contributed by atoms with van der Waals surface area (Å²) >= 11 is 6.02. The van der Waals surface area contributed by atoms with Crippen LogP contribution in [0.2, 0.25) is 5.02 Å². The van der Waals surface area contributed by atoms with Crippen LogP contribution in [0.15, 0.2) is 42.5 Å². The maximum atomic E-state index is 12.3. The number of nitrogens with one attached hydrogen (secondary N) is 2. The molecule has 1 aliphatic rings. The first-order chi connectivity index (χ1) is 14.1. The molecule has 0 fully saturated rings. The Hall–Kier alpha value is -3.43. The largest absolute Gasteiger partial charge is 0.493 e. The molecule has 0 spiro atoms. The Morgan fingerprint density at radius 2 is 2.03 bits per heavy atom. The number of anilines is 1. The second-order valence-electron chi connectivity index (χ2n) is 6.58. The molecule has 0 saturated heterocycles. The van der Waals surface area contributed by atoms with Crippen LogP contribution in [0.1, 0.15) is 23.5 Å². The van der Waals surface area contributed by atoms with E-state index in [0.717, 1.165) is 22.4 Å². The van der Waals surface area contributed by atoms with E-state index in [-0.39, 0.29) is 18.4 Å². The lowest BCUT2D eigenvalue weighted by Crippen LogP contribution is -2.23. The highest BCUT2D eigenvalue weighted by atomic mass is 35.5. The first-order valence-electron chi connectivity index (χ1n) is 8.99. The van der Waals surface area contributed by atoms with E-state index < -0.39 is 0 Å². The van der Waals surface area contributed by atoms with Gasteiger partial charge in [0.05, 0.1) is 12.8 Å². The summed E-state index contributed by atoms with van der Waals surface area (Å²) in [7, 11) is 1.57. The standard InChI is InChI=1S/C22H18ClN3O3/c1-3-10-29-17-9-6-14(11-18(17)28-2)16-12-19(27)24-22-20(16)21(25-26-22)13-4-7-15(23)8-5-13/h1,4-9,11,16H,10,12H2,2H3,(H2,24,25,26,27). The van der Waals surface area contributed by atoms with E-state index in [1.807, 2.05) is 36.4 Å². The quantitative estimate of drug-likeness (QED) is 0.621. The third kappa shape index (κ3) is 3.65. The number of rotatable bonds is 5. The second-order valence-corrected chi connectivity index (χ2v) is 7.01. The number of methoxy groups -OCH3 is 1. The maximum absolute atomic E-state index is 12.3. The number of fused-ring (bicyclic) bond motifs is 1. The predicted molar refractivity (Wildman–Crippen MR) is 111 cm³/mol. The summed E-state index contributed by atoms with van der Waals surface area (Å²) in [6.45, 7) is 0.147. The fourth-order valence-electron chi connectivity index (χ4n) is 3.52. The third-order valence-electron chi connectivity index (χ3n) is 4.83. The lowest BCUT2D eigenvalue weighted by molar-refractivity contribution is -0.116. The molecule has 0 bridgehead atoms. The number of benzene rings is 2. The van der Waals surface area contributed by atoms with E-state index >= 15 is 0 Å². The Morgan fingerprint density at radius 3 is 2.76 bits per heavy atom. The SMILES string of the molecule is C#CCOc1ccc(C2CC(=O)Nc3n[nH]c(-c4ccc(Cl)cc4)c32)cc1OC. The summed E-state index contributed by atoms with van der Waals surface area (Å²) in [6.07, 6.45) is 5.57. The van der Waals surface area contributed by atoms with E-state index in [4.69, 9.17) is 27.5 Å². The van der Waals surface area contributed by atoms with Gasteiger partial charge in [0.25, 0.3) is 0 Å². The molecule has 2 aromatic carbocycles. The van der Waals surface area contributed by atoms with E-state index in [9.17, 15) is 4.79 Å². The van der Waals surface area contributed by atoms with Gasteiger partial charge in [0.2, 0.25) is 5.91 Å². The van der Waals surface area contributed by atoms with Crippen molar-refractivity contribution in [3.05, 3.63) is 58.6 Å². The summed E-state index contributed by atoms with van der Waals surface area (Å²) in [5, 5.41) is 10.9. The average molecular weight is 408 g/mol. The van der Waals surface area contributed by atoms with E-state index in [1.165, 1.54) is 0 Å². The zero-order valence-corrected chi connectivity index (χ0v) is 16.4. The fraction of sp³-hybridized carbons (Fsp3) is 0.182. The molecular weight excluding hydrogens is 390 g/mol. The number of carbonyl (C=O) groups is 1. The highest BCUT2D eigenvalue weighted by Crippen LogP contribution is 2.43. The molecular formula is C22H18ClN3O3. The number of H-pyrrole nitrogens is 1. The number of carbonyl (C=O) groups excluding carboxylic acids is 1. The normalized spacial score (nSPS) is 15.2. The van der Waals surface area contributed by atoms with Gasteiger partial charge in [-0.2, -0.15) is 5.10 Å². The van der Waals surface area contributed by atoms with Crippen molar-refractivity contribution in [2.45, 2.75) is 12.3 Å². The minimum atomic E-state index is -0.196. The van der Waals surface area contributed by atoms with Gasteiger partial charge in [-0.25, -0.2) is 0 Å². The highest BCUT2D eigenvalue weighted by Gasteiger charge is 2.32. The Morgan fingerprint density at radius 1 is 1.24 bits per heavy atom. The van der Waals surface area contributed by atoms with Gasteiger partial charge < -0.3 is 14.8 Å². The van der Waals surface area contributed by atoms with Gasteiger partial charge in [0, 0.05) is 28.5 Å². The number of hydrogen-bond donors (Lipinski definition) is 2. The van der Waals surface area contributed by atoms with Crippen molar-refractivity contribution in [1.29, 1.82) is 0 Å². The molecule has 1 aromatic heterocycles. The second kappa shape index (κ2) is 7.90. The first kappa shape index (κ1) is 18.9. The van der Waals surface area contributed by atoms with Crippen LogP contribution in [0.25, 0.3) is 11.3 Å². The molecule has 1 aliphatic heterocycles. The predicted octanol–water partition coefficient (Wildman–Crippen LogP) is 4.22. The summed E-state index contributed by atoms with van der Waals surface area (Å²) in [5.41, 5.74) is 3.62. The zero-order valence-electron chi connectivity index (χ0n) is 15.7. The summed E-state index contributed by atoms with van der Waals surface area (Å²) in [4.78, 5) is 12.3.